The molecule has 1 aromatic heterocycles. The van der Waals surface area contributed by atoms with Gasteiger partial charge >= 0.3 is 11.9 Å². The number of Topliss-reactive ketones (excluding diaryl/α,β-unsaturated/α-hetero) is 1. The number of aromatic nitrogens is 1. The Hall–Kier alpha value is -4.21. The molecule has 2 aromatic carbocycles. The zero-order valence-electron chi connectivity index (χ0n) is 22.1. The van der Waals surface area contributed by atoms with Gasteiger partial charge in [0.05, 0.1) is 18.9 Å². The summed E-state index contributed by atoms with van der Waals surface area (Å²) in [5.41, 5.74) is 0.424. The van der Waals surface area contributed by atoms with Crippen molar-refractivity contribution in [1.29, 1.82) is 0 Å². The number of esters is 2. The minimum absolute atomic E-state index is 0.0572. The summed E-state index contributed by atoms with van der Waals surface area (Å²) in [7, 11) is 1.33. The van der Waals surface area contributed by atoms with Crippen LogP contribution in [0, 0.1) is 30.3 Å². The summed E-state index contributed by atoms with van der Waals surface area (Å²) in [6, 6.07) is 8.65. The fourth-order valence-corrected chi connectivity index (χ4v) is 4.17. The van der Waals surface area contributed by atoms with Crippen molar-refractivity contribution in [1.82, 2.24) is 4.98 Å². The topological polar surface area (TPSA) is 91.8 Å². The van der Waals surface area contributed by atoms with E-state index in [4.69, 9.17) is 14.2 Å². The van der Waals surface area contributed by atoms with Crippen LogP contribution in [0.1, 0.15) is 60.3 Å². The molecule has 7 nitrogen and oxygen atoms in total. The lowest BCUT2D eigenvalue weighted by molar-refractivity contribution is -0.153. The van der Waals surface area contributed by atoms with Crippen LogP contribution in [0.15, 0.2) is 48.7 Å². The molecular weight excluding hydrogens is 515 g/mol. The second-order valence-electron chi connectivity index (χ2n) is 9.12. The van der Waals surface area contributed by atoms with Gasteiger partial charge in [-0.3, -0.25) is 14.4 Å². The number of hydrogen-bond acceptors (Lipinski definition) is 7. The molecule has 10 heteroatoms. The number of carbonyl (C=O) groups is 3. The molecule has 0 saturated heterocycles. The molecule has 0 fully saturated rings. The van der Waals surface area contributed by atoms with Gasteiger partial charge in [0.25, 0.3) is 0 Å². The Bertz CT molecular complexity index is 1340. The molecule has 0 amide bonds. The molecule has 0 bridgehead atoms. The Kier molecular flexibility index (Phi) is 9.45. The third kappa shape index (κ3) is 7.01. The fraction of sp³-hybridized carbons (Fsp3) is 0.310. The van der Waals surface area contributed by atoms with Gasteiger partial charge in [-0.05, 0) is 42.7 Å². The number of aryl methyl sites for hydroxylation is 1. The molecule has 0 N–H and O–H groups in total. The van der Waals surface area contributed by atoms with E-state index < -0.39 is 53.1 Å². The van der Waals surface area contributed by atoms with Crippen LogP contribution >= 0.6 is 0 Å². The average Bonchev–Trinajstić information content (AvgIpc) is 2.86. The maximum Gasteiger partial charge on any atom is 0.309 e. The number of ether oxygens (including phenoxy) is 3. The van der Waals surface area contributed by atoms with Gasteiger partial charge in [0.15, 0.2) is 17.2 Å². The van der Waals surface area contributed by atoms with Crippen LogP contribution in [0.4, 0.5) is 13.2 Å². The van der Waals surface area contributed by atoms with E-state index in [0.717, 1.165) is 13.0 Å². The Morgan fingerprint density at radius 2 is 1.59 bits per heavy atom. The largest absolute Gasteiger partial charge is 0.493 e. The number of carbonyl (C=O) groups excluding carboxylic acids is 3. The predicted molar refractivity (Wildman–Crippen MR) is 135 cm³/mol. The molecule has 0 radical (unpaired) electrons. The van der Waals surface area contributed by atoms with Crippen molar-refractivity contribution in [3.63, 3.8) is 0 Å². The average molecular weight is 544 g/mol. The number of benzene rings is 2. The van der Waals surface area contributed by atoms with Gasteiger partial charge in [0.2, 0.25) is 5.75 Å². The van der Waals surface area contributed by atoms with Gasteiger partial charge in [0.1, 0.15) is 23.6 Å². The molecule has 0 saturated carbocycles. The van der Waals surface area contributed by atoms with Crippen LogP contribution in [-0.2, 0) is 14.3 Å². The number of methoxy groups -OCH3 is 1. The van der Waals surface area contributed by atoms with Gasteiger partial charge in [-0.25, -0.2) is 18.2 Å². The third-order valence-electron chi connectivity index (χ3n) is 6.05. The van der Waals surface area contributed by atoms with Crippen LogP contribution in [0.5, 0.6) is 11.5 Å². The normalized spacial score (nSPS) is 13.2. The second kappa shape index (κ2) is 12.6. The monoisotopic (exact) mass is 543 g/mol. The van der Waals surface area contributed by atoms with Gasteiger partial charge in [-0.15, -0.1) is 0 Å². The highest BCUT2D eigenvalue weighted by Gasteiger charge is 2.32. The SMILES string of the molecule is COc1ccnc(C(=O)C[C@@H](C)C(=O)O[C@@H](C)[C@@H](c2ccc(C)cc2F)c2ccc(F)cc2F)c1OC(C)=O. The van der Waals surface area contributed by atoms with Crippen LogP contribution in [0.2, 0.25) is 0 Å². The number of pyridine rings is 1. The molecule has 0 aliphatic rings. The summed E-state index contributed by atoms with van der Waals surface area (Å²) >= 11 is 0. The van der Waals surface area contributed by atoms with Crippen molar-refractivity contribution in [3.05, 3.63) is 88.5 Å². The van der Waals surface area contributed by atoms with Gasteiger partial charge < -0.3 is 14.2 Å². The first kappa shape index (κ1) is 29.3. The zero-order valence-corrected chi connectivity index (χ0v) is 22.1. The molecule has 3 aromatic rings. The zero-order chi connectivity index (χ0) is 28.9. The summed E-state index contributed by atoms with van der Waals surface area (Å²) < 4.78 is 59.2. The number of halogens is 3. The molecular formula is C29H28F3NO6. The lowest BCUT2D eigenvalue weighted by Gasteiger charge is -2.27. The number of ketones is 1. The van der Waals surface area contributed by atoms with E-state index in [0.29, 0.717) is 11.6 Å². The highest BCUT2D eigenvalue weighted by molar-refractivity contribution is 5.99. The minimum Gasteiger partial charge on any atom is -0.493 e. The molecule has 0 aliphatic heterocycles. The smallest absolute Gasteiger partial charge is 0.309 e. The molecule has 0 aliphatic carbocycles. The second-order valence-corrected chi connectivity index (χ2v) is 9.12. The van der Waals surface area contributed by atoms with E-state index in [9.17, 15) is 27.6 Å². The molecule has 0 unspecified atom stereocenters. The van der Waals surface area contributed by atoms with Crippen molar-refractivity contribution < 1.29 is 41.8 Å². The molecule has 39 heavy (non-hydrogen) atoms. The Morgan fingerprint density at radius 3 is 2.18 bits per heavy atom. The van der Waals surface area contributed by atoms with Gasteiger partial charge in [0, 0.05) is 31.7 Å². The highest BCUT2D eigenvalue weighted by atomic mass is 19.1. The highest BCUT2D eigenvalue weighted by Crippen LogP contribution is 2.35. The first-order chi connectivity index (χ1) is 18.4. The van der Waals surface area contributed by atoms with Crippen LogP contribution in [0.25, 0.3) is 0 Å². The van der Waals surface area contributed by atoms with Crippen molar-refractivity contribution in [2.24, 2.45) is 5.92 Å². The summed E-state index contributed by atoms with van der Waals surface area (Å²) in [6.45, 7) is 5.74. The summed E-state index contributed by atoms with van der Waals surface area (Å²) in [5, 5.41) is 0. The molecule has 3 rings (SSSR count). The number of nitrogens with zero attached hydrogens (tertiary/aromatic N) is 1. The van der Waals surface area contributed by atoms with Crippen molar-refractivity contribution in [2.45, 2.75) is 46.1 Å². The van der Waals surface area contributed by atoms with Crippen molar-refractivity contribution in [3.8, 4) is 11.5 Å². The van der Waals surface area contributed by atoms with E-state index in [1.165, 1.54) is 51.4 Å². The predicted octanol–water partition coefficient (Wildman–Crippen LogP) is 5.71. The van der Waals surface area contributed by atoms with Crippen LogP contribution < -0.4 is 9.47 Å². The van der Waals surface area contributed by atoms with E-state index in [2.05, 4.69) is 4.98 Å². The molecule has 1 heterocycles. The van der Waals surface area contributed by atoms with E-state index in [1.807, 2.05) is 0 Å². The van der Waals surface area contributed by atoms with E-state index >= 15 is 0 Å². The van der Waals surface area contributed by atoms with Crippen LogP contribution in [0.3, 0.4) is 0 Å². The lowest BCUT2D eigenvalue weighted by atomic mass is 9.86. The maximum atomic E-state index is 15.0. The molecule has 206 valence electrons. The van der Waals surface area contributed by atoms with E-state index in [1.54, 1.807) is 13.0 Å². The first-order valence-electron chi connectivity index (χ1n) is 12.1. The Labute approximate surface area is 223 Å². The standard InChI is InChI=1S/C29H28F3NO6/c1-15-6-8-20(22(31)12-15)26(21-9-7-19(30)14-23(21)32)17(3)38-29(36)16(2)13-24(35)27-28(39-18(4)34)25(37-5)10-11-33-27/h6-12,14,16-17,26H,13H2,1-5H3/t16-,17+,26+/m1/s1. The minimum atomic E-state index is -1.10. The fourth-order valence-electron chi connectivity index (χ4n) is 4.17. The third-order valence-corrected chi connectivity index (χ3v) is 6.05. The maximum absolute atomic E-state index is 15.0. The first-order valence-corrected chi connectivity index (χ1v) is 12.1. The summed E-state index contributed by atoms with van der Waals surface area (Å²) in [6.07, 6.45) is -0.171. The summed E-state index contributed by atoms with van der Waals surface area (Å²) in [4.78, 5) is 41.5. The Balaban J connectivity index is 1.85. The lowest BCUT2D eigenvalue weighted by Crippen LogP contribution is -2.29. The van der Waals surface area contributed by atoms with Gasteiger partial charge in [-0.1, -0.05) is 25.1 Å². The van der Waals surface area contributed by atoms with Crippen molar-refractivity contribution >= 4 is 17.7 Å². The number of hydrogen-bond donors (Lipinski definition) is 0. The van der Waals surface area contributed by atoms with Crippen LogP contribution in [-0.4, -0.2) is 35.9 Å². The molecule has 3 atom stereocenters. The molecule has 0 spiro atoms. The number of rotatable bonds is 10. The quantitative estimate of drug-likeness (QED) is 0.239. The van der Waals surface area contributed by atoms with Gasteiger partial charge in [-0.2, -0.15) is 0 Å². The van der Waals surface area contributed by atoms with Crippen molar-refractivity contribution in [2.75, 3.05) is 7.11 Å². The summed E-state index contributed by atoms with van der Waals surface area (Å²) in [5.74, 6) is -6.67. The Morgan fingerprint density at radius 1 is 0.949 bits per heavy atom. The van der Waals surface area contributed by atoms with E-state index in [-0.39, 0.29) is 34.7 Å².